The lowest BCUT2D eigenvalue weighted by Gasteiger charge is -2.34. The maximum atomic E-state index is 9.02. The van der Waals surface area contributed by atoms with Crippen molar-refractivity contribution in [3.63, 3.8) is 0 Å². The monoisotopic (exact) mass is 223 g/mol. The normalized spacial score (nSPS) is 32.8. The SMILES string of the molecule is CCN1CCOC(CN2CCCC2C#N)C1. The molecule has 2 fully saturated rings. The van der Waals surface area contributed by atoms with Crippen molar-refractivity contribution in [3.8, 4) is 6.07 Å². The largest absolute Gasteiger partial charge is 0.374 e. The minimum Gasteiger partial charge on any atom is -0.374 e. The van der Waals surface area contributed by atoms with Gasteiger partial charge in [-0.3, -0.25) is 9.80 Å². The highest BCUT2D eigenvalue weighted by atomic mass is 16.5. The molecule has 2 atom stereocenters. The molecule has 2 unspecified atom stereocenters. The van der Waals surface area contributed by atoms with E-state index in [4.69, 9.17) is 10.00 Å². The summed E-state index contributed by atoms with van der Waals surface area (Å²) < 4.78 is 5.77. The maximum absolute atomic E-state index is 9.02. The maximum Gasteiger partial charge on any atom is 0.0979 e. The number of nitrogens with zero attached hydrogens (tertiary/aromatic N) is 3. The van der Waals surface area contributed by atoms with Crippen LogP contribution in [-0.4, -0.2) is 61.3 Å². The molecule has 0 aromatic heterocycles. The van der Waals surface area contributed by atoms with Gasteiger partial charge >= 0.3 is 0 Å². The predicted molar refractivity (Wildman–Crippen MR) is 62.1 cm³/mol. The first kappa shape index (κ1) is 11.8. The zero-order valence-corrected chi connectivity index (χ0v) is 10.1. The van der Waals surface area contributed by atoms with Crippen molar-refractivity contribution in [1.82, 2.24) is 9.80 Å². The summed E-state index contributed by atoms with van der Waals surface area (Å²) >= 11 is 0. The Bertz CT molecular complexity index is 263. The molecule has 2 rings (SSSR count). The van der Waals surface area contributed by atoms with E-state index in [0.717, 1.165) is 52.2 Å². The Balaban J connectivity index is 1.82. The number of likely N-dealkylation sites (tertiary alicyclic amines) is 1. The van der Waals surface area contributed by atoms with Gasteiger partial charge < -0.3 is 4.74 Å². The average molecular weight is 223 g/mol. The zero-order valence-electron chi connectivity index (χ0n) is 10.1. The van der Waals surface area contributed by atoms with E-state index in [-0.39, 0.29) is 6.04 Å². The van der Waals surface area contributed by atoms with Crippen LogP contribution in [0.15, 0.2) is 0 Å². The van der Waals surface area contributed by atoms with Gasteiger partial charge in [0.25, 0.3) is 0 Å². The lowest BCUT2D eigenvalue weighted by atomic mass is 10.2. The van der Waals surface area contributed by atoms with Crippen molar-refractivity contribution in [3.05, 3.63) is 0 Å². The van der Waals surface area contributed by atoms with Crippen LogP contribution in [0.3, 0.4) is 0 Å². The van der Waals surface area contributed by atoms with E-state index in [9.17, 15) is 0 Å². The minimum atomic E-state index is 0.126. The Morgan fingerprint density at radius 3 is 3.06 bits per heavy atom. The summed E-state index contributed by atoms with van der Waals surface area (Å²) in [6.07, 6.45) is 2.48. The third-order valence-corrected chi connectivity index (χ3v) is 3.62. The molecule has 16 heavy (non-hydrogen) atoms. The van der Waals surface area contributed by atoms with E-state index in [1.54, 1.807) is 0 Å². The van der Waals surface area contributed by atoms with Gasteiger partial charge in [0.1, 0.15) is 0 Å². The molecule has 90 valence electrons. The standard InChI is InChI=1S/C12H21N3O/c1-2-14-6-7-16-12(9-14)10-15-5-3-4-11(15)8-13/h11-12H,2-7,9-10H2,1H3. The fourth-order valence-corrected chi connectivity index (χ4v) is 2.63. The van der Waals surface area contributed by atoms with Crippen molar-refractivity contribution >= 4 is 0 Å². The third-order valence-electron chi connectivity index (χ3n) is 3.62. The molecule has 0 bridgehead atoms. The molecule has 0 N–H and O–H groups in total. The number of likely N-dealkylation sites (N-methyl/N-ethyl adjacent to an activating group) is 1. The van der Waals surface area contributed by atoms with E-state index in [1.807, 2.05) is 0 Å². The zero-order chi connectivity index (χ0) is 11.4. The van der Waals surface area contributed by atoms with Crippen molar-refractivity contribution in [2.45, 2.75) is 31.9 Å². The molecule has 0 aliphatic carbocycles. The second-order valence-electron chi connectivity index (χ2n) is 4.67. The highest BCUT2D eigenvalue weighted by Gasteiger charge is 2.28. The molecule has 2 saturated heterocycles. The van der Waals surface area contributed by atoms with Crippen molar-refractivity contribution in [2.24, 2.45) is 0 Å². The van der Waals surface area contributed by atoms with Gasteiger partial charge in [-0.15, -0.1) is 0 Å². The van der Waals surface area contributed by atoms with Crippen LogP contribution in [0.5, 0.6) is 0 Å². The number of hydrogen-bond acceptors (Lipinski definition) is 4. The molecule has 0 spiro atoms. The van der Waals surface area contributed by atoms with Gasteiger partial charge in [-0.2, -0.15) is 5.26 Å². The van der Waals surface area contributed by atoms with Gasteiger partial charge in [-0.1, -0.05) is 6.92 Å². The first-order valence-electron chi connectivity index (χ1n) is 6.31. The van der Waals surface area contributed by atoms with Gasteiger partial charge in [0.05, 0.1) is 24.8 Å². The molecule has 2 heterocycles. The van der Waals surface area contributed by atoms with Crippen LogP contribution in [-0.2, 0) is 4.74 Å². The van der Waals surface area contributed by atoms with Gasteiger partial charge in [0, 0.05) is 19.6 Å². The fourth-order valence-electron chi connectivity index (χ4n) is 2.63. The molecule has 0 radical (unpaired) electrons. The molecular formula is C12H21N3O. The average Bonchev–Trinajstić information content (AvgIpc) is 2.76. The highest BCUT2D eigenvalue weighted by Crippen LogP contribution is 2.18. The van der Waals surface area contributed by atoms with E-state index in [0.29, 0.717) is 6.10 Å². The Morgan fingerprint density at radius 1 is 1.44 bits per heavy atom. The van der Waals surface area contributed by atoms with Crippen LogP contribution in [0, 0.1) is 11.3 Å². The first-order chi connectivity index (χ1) is 7.83. The lowest BCUT2D eigenvalue weighted by molar-refractivity contribution is -0.0413. The summed E-state index contributed by atoms with van der Waals surface area (Å²) in [7, 11) is 0. The van der Waals surface area contributed by atoms with Crippen LogP contribution >= 0.6 is 0 Å². The van der Waals surface area contributed by atoms with Crippen LogP contribution in [0.2, 0.25) is 0 Å². The van der Waals surface area contributed by atoms with Gasteiger partial charge in [-0.25, -0.2) is 0 Å². The van der Waals surface area contributed by atoms with Crippen LogP contribution in [0.25, 0.3) is 0 Å². The molecule has 4 nitrogen and oxygen atoms in total. The van der Waals surface area contributed by atoms with E-state index in [1.165, 1.54) is 0 Å². The van der Waals surface area contributed by atoms with Crippen molar-refractivity contribution in [2.75, 3.05) is 39.3 Å². The quantitative estimate of drug-likeness (QED) is 0.706. The number of nitriles is 1. The summed E-state index contributed by atoms with van der Waals surface area (Å²) in [5.41, 5.74) is 0. The second-order valence-corrected chi connectivity index (χ2v) is 4.67. The molecule has 4 heteroatoms. The van der Waals surface area contributed by atoms with Crippen LogP contribution < -0.4 is 0 Å². The summed E-state index contributed by atoms with van der Waals surface area (Å²) in [5.74, 6) is 0. The van der Waals surface area contributed by atoms with Crippen molar-refractivity contribution in [1.29, 1.82) is 5.26 Å². The topological polar surface area (TPSA) is 39.5 Å². The number of hydrogen-bond donors (Lipinski definition) is 0. The predicted octanol–water partition coefficient (Wildman–Crippen LogP) is 0.695. The lowest BCUT2D eigenvalue weighted by Crippen LogP contribution is -2.48. The fraction of sp³-hybridized carbons (Fsp3) is 0.917. The van der Waals surface area contributed by atoms with E-state index >= 15 is 0 Å². The van der Waals surface area contributed by atoms with Crippen molar-refractivity contribution < 1.29 is 4.74 Å². The van der Waals surface area contributed by atoms with Gasteiger partial charge in [-0.05, 0) is 25.9 Å². The molecule has 0 aromatic carbocycles. The number of ether oxygens (including phenoxy) is 1. The summed E-state index contributed by atoms with van der Waals surface area (Å²) in [4.78, 5) is 4.70. The molecule has 0 saturated carbocycles. The van der Waals surface area contributed by atoms with Crippen LogP contribution in [0.1, 0.15) is 19.8 Å². The Kier molecular flexibility index (Phi) is 4.16. The Labute approximate surface area is 97.8 Å². The Hall–Kier alpha value is -0.630. The van der Waals surface area contributed by atoms with E-state index < -0.39 is 0 Å². The summed E-state index contributed by atoms with van der Waals surface area (Å²) in [6.45, 7) is 8.18. The highest BCUT2D eigenvalue weighted by molar-refractivity contribution is 4.96. The van der Waals surface area contributed by atoms with Gasteiger partial charge in [0.2, 0.25) is 0 Å². The number of morpholine rings is 1. The molecular weight excluding hydrogens is 202 g/mol. The molecule has 2 aliphatic heterocycles. The molecule has 0 amide bonds. The minimum absolute atomic E-state index is 0.126. The Morgan fingerprint density at radius 2 is 2.31 bits per heavy atom. The second kappa shape index (κ2) is 5.62. The summed E-state index contributed by atoms with van der Waals surface area (Å²) in [6, 6.07) is 2.51. The smallest absolute Gasteiger partial charge is 0.0979 e. The third kappa shape index (κ3) is 2.73. The van der Waals surface area contributed by atoms with Gasteiger partial charge in [0.15, 0.2) is 0 Å². The number of rotatable bonds is 3. The summed E-state index contributed by atoms with van der Waals surface area (Å²) in [5, 5.41) is 9.02. The molecule has 2 aliphatic rings. The molecule has 0 aromatic rings. The first-order valence-corrected chi connectivity index (χ1v) is 6.31. The van der Waals surface area contributed by atoms with Crippen LogP contribution in [0.4, 0.5) is 0 Å². The van der Waals surface area contributed by atoms with E-state index in [2.05, 4.69) is 22.8 Å².